The normalized spacial score (nSPS) is 21.5. The summed E-state index contributed by atoms with van der Waals surface area (Å²) in [6.45, 7) is 9.55. The average Bonchev–Trinajstić information content (AvgIpc) is 2.35. The average molecular weight is 239 g/mol. The van der Waals surface area contributed by atoms with E-state index in [1.54, 1.807) is 0 Å². The molecule has 1 atom stereocenters. The van der Waals surface area contributed by atoms with Crippen LogP contribution in [-0.4, -0.2) is 43.0 Å². The third-order valence-electron chi connectivity index (χ3n) is 3.33. The second kappa shape index (κ2) is 7.00. The highest BCUT2D eigenvalue weighted by Gasteiger charge is 2.23. The standard InChI is InChI=1S/C14H25NO2/c1-5-14(3,4)15(6-2)10-12-17-13-9-7-8-11-16-13/h1,13H,6-12H2,2-4H3/t13-/m1/s1. The van der Waals surface area contributed by atoms with E-state index in [1.807, 2.05) is 0 Å². The molecule has 0 bridgehead atoms. The van der Waals surface area contributed by atoms with Crippen LogP contribution in [0.15, 0.2) is 0 Å². The first-order valence-electron chi connectivity index (χ1n) is 6.56. The van der Waals surface area contributed by atoms with Crippen molar-refractivity contribution >= 4 is 0 Å². The molecule has 1 rings (SSSR count). The Kier molecular flexibility index (Phi) is 5.97. The number of likely N-dealkylation sites (N-methyl/N-ethyl adjacent to an activating group) is 1. The molecule has 1 heterocycles. The number of hydrogen-bond donors (Lipinski definition) is 0. The number of nitrogens with zero attached hydrogens (tertiary/aromatic N) is 1. The maximum Gasteiger partial charge on any atom is 0.157 e. The molecule has 17 heavy (non-hydrogen) atoms. The summed E-state index contributed by atoms with van der Waals surface area (Å²) in [4.78, 5) is 2.25. The van der Waals surface area contributed by atoms with Crippen LogP contribution in [0.3, 0.4) is 0 Å². The summed E-state index contributed by atoms with van der Waals surface area (Å²) >= 11 is 0. The summed E-state index contributed by atoms with van der Waals surface area (Å²) in [6, 6.07) is 0. The van der Waals surface area contributed by atoms with Gasteiger partial charge in [0.2, 0.25) is 0 Å². The molecule has 0 aromatic rings. The Balaban J connectivity index is 2.26. The van der Waals surface area contributed by atoms with Gasteiger partial charge in [-0.05, 0) is 39.7 Å². The zero-order valence-electron chi connectivity index (χ0n) is 11.4. The van der Waals surface area contributed by atoms with Gasteiger partial charge >= 0.3 is 0 Å². The molecular formula is C14H25NO2. The van der Waals surface area contributed by atoms with Gasteiger partial charge in [-0.3, -0.25) is 4.90 Å². The minimum absolute atomic E-state index is 0.00333. The zero-order chi connectivity index (χ0) is 12.7. The maximum absolute atomic E-state index is 5.72. The van der Waals surface area contributed by atoms with Gasteiger partial charge in [0.05, 0.1) is 12.1 Å². The van der Waals surface area contributed by atoms with Crippen LogP contribution >= 0.6 is 0 Å². The summed E-state index contributed by atoms with van der Waals surface area (Å²) in [5.74, 6) is 2.82. The van der Waals surface area contributed by atoms with Crippen molar-refractivity contribution in [2.45, 2.75) is 51.9 Å². The minimum Gasteiger partial charge on any atom is -0.353 e. The van der Waals surface area contributed by atoms with Crippen LogP contribution in [0.2, 0.25) is 0 Å². The van der Waals surface area contributed by atoms with Crippen molar-refractivity contribution in [3.63, 3.8) is 0 Å². The van der Waals surface area contributed by atoms with Gasteiger partial charge in [0.15, 0.2) is 6.29 Å². The molecule has 1 aliphatic heterocycles. The minimum atomic E-state index is -0.203. The smallest absolute Gasteiger partial charge is 0.157 e. The summed E-state index contributed by atoms with van der Waals surface area (Å²) in [6.07, 6.45) is 8.92. The van der Waals surface area contributed by atoms with Crippen molar-refractivity contribution in [1.29, 1.82) is 0 Å². The van der Waals surface area contributed by atoms with Crippen LogP contribution in [0.5, 0.6) is 0 Å². The molecule has 0 aromatic carbocycles. The fraction of sp³-hybridized carbons (Fsp3) is 0.857. The van der Waals surface area contributed by atoms with E-state index in [-0.39, 0.29) is 11.8 Å². The Morgan fingerprint density at radius 2 is 2.24 bits per heavy atom. The maximum atomic E-state index is 5.72. The lowest BCUT2D eigenvalue weighted by atomic mass is 10.0. The van der Waals surface area contributed by atoms with E-state index >= 15 is 0 Å². The van der Waals surface area contributed by atoms with Crippen LogP contribution in [-0.2, 0) is 9.47 Å². The van der Waals surface area contributed by atoms with E-state index in [9.17, 15) is 0 Å². The monoisotopic (exact) mass is 239 g/mol. The van der Waals surface area contributed by atoms with E-state index < -0.39 is 0 Å². The molecule has 0 unspecified atom stereocenters. The molecule has 1 fully saturated rings. The quantitative estimate of drug-likeness (QED) is 0.664. The van der Waals surface area contributed by atoms with Gasteiger partial charge in [-0.25, -0.2) is 0 Å². The molecule has 1 aliphatic rings. The largest absolute Gasteiger partial charge is 0.353 e. The highest BCUT2D eigenvalue weighted by Crippen LogP contribution is 2.15. The van der Waals surface area contributed by atoms with E-state index in [2.05, 4.69) is 31.6 Å². The van der Waals surface area contributed by atoms with E-state index in [4.69, 9.17) is 15.9 Å². The van der Waals surface area contributed by atoms with E-state index in [1.165, 1.54) is 6.42 Å². The van der Waals surface area contributed by atoms with Crippen LogP contribution in [0, 0.1) is 12.3 Å². The third-order valence-corrected chi connectivity index (χ3v) is 3.33. The lowest BCUT2D eigenvalue weighted by Crippen LogP contribution is -2.44. The molecule has 0 spiro atoms. The molecule has 98 valence electrons. The molecule has 0 N–H and O–H groups in total. The second-order valence-electron chi connectivity index (χ2n) is 4.95. The van der Waals surface area contributed by atoms with Gasteiger partial charge in [-0.2, -0.15) is 0 Å². The van der Waals surface area contributed by atoms with Crippen LogP contribution in [0.1, 0.15) is 40.0 Å². The van der Waals surface area contributed by atoms with E-state index in [0.29, 0.717) is 6.61 Å². The van der Waals surface area contributed by atoms with Gasteiger partial charge in [-0.1, -0.05) is 12.8 Å². The molecule has 0 amide bonds. The highest BCUT2D eigenvalue weighted by atomic mass is 16.7. The topological polar surface area (TPSA) is 21.7 Å². The van der Waals surface area contributed by atoms with Crippen molar-refractivity contribution < 1.29 is 9.47 Å². The Morgan fingerprint density at radius 3 is 2.76 bits per heavy atom. The van der Waals surface area contributed by atoms with Crippen LogP contribution < -0.4 is 0 Å². The molecule has 3 nitrogen and oxygen atoms in total. The predicted octanol–water partition coefficient (Wildman–Crippen LogP) is 2.26. The van der Waals surface area contributed by atoms with Gasteiger partial charge in [0.25, 0.3) is 0 Å². The van der Waals surface area contributed by atoms with Gasteiger partial charge in [0, 0.05) is 13.2 Å². The Bertz CT molecular complexity index is 251. The number of rotatable bonds is 6. The molecule has 0 saturated carbocycles. The fourth-order valence-electron chi connectivity index (χ4n) is 2.06. The molecular weight excluding hydrogens is 214 g/mol. The molecule has 3 heteroatoms. The summed E-state index contributed by atoms with van der Waals surface area (Å²) in [5.41, 5.74) is -0.203. The zero-order valence-corrected chi connectivity index (χ0v) is 11.4. The van der Waals surface area contributed by atoms with E-state index in [0.717, 1.165) is 32.5 Å². The third kappa shape index (κ3) is 4.67. The molecule has 0 radical (unpaired) electrons. The van der Waals surface area contributed by atoms with Crippen molar-refractivity contribution in [3.8, 4) is 12.3 Å². The first-order valence-corrected chi connectivity index (χ1v) is 6.56. The molecule has 0 aliphatic carbocycles. The van der Waals surface area contributed by atoms with Gasteiger partial charge < -0.3 is 9.47 Å². The van der Waals surface area contributed by atoms with Crippen molar-refractivity contribution in [2.24, 2.45) is 0 Å². The number of terminal acetylenes is 1. The SMILES string of the molecule is C#CC(C)(C)N(CC)CCO[C@@H]1CCCCO1. The van der Waals surface area contributed by atoms with Crippen LogP contribution in [0.4, 0.5) is 0 Å². The second-order valence-corrected chi connectivity index (χ2v) is 4.95. The first kappa shape index (κ1) is 14.5. The Labute approximate surface area is 105 Å². The van der Waals surface area contributed by atoms with Crippen LogP contribution in [0.25, 0.3) is 0 Å². The highest BCUT2D eigenvalue weighted by molar-refractivity contribution is 5.08. The number of hydrogen-bond acceptors (Lipinski definition) is 3. The fourth-order valence-corrected chi connectivity index (χ4v) is 2.06. The summed E-state index contributed by atoms with van der Waals surface area (Å²) in [7, 11) is 0. The Hall–Kier alpha value is -0.560. The predicted molar refractivity (Wildman–Crippen MR) is 69.7 cm³/mol. The summed E-state index contributed by atoms with van der Waals surface area (Å²) in [5, 5.41) is 0. The van der Waals surface area contributed by atoms with Gasteiger partial charge in [-0.15, -0.1) is 6.42 Å². The number of ether oxygens (including phenoxy) is 2. The summed E-state index contributed by atoms with van der Waals surface area (Å²) < 4.78 is 11.2. The lowest BCUT2D eigenvalue weighted by molar-refractivity contribution is -0.165. The lowest BCUT2D eigenvalue weighted by Gasteiger charge is -2.34. The van der Waals surface area contributed by atoms with Crippen molar-refractivity contribution in [3.05, 3.63) is 0 Å². The van der Waals surface area contributed by atoms with Crippen molar-refractivity contribution in [1.82, 2.24) is 4.90 Å². The van der Waals surface area contributed by atoms with Gasteiger partial charge in [0.1, 0.15) is 0 Å². The Morgan fingerprint density at radius 1 is 1.47 bits per heavy atom. The van der Waals surface area contributed by atoms with Crippen molar-refractivity contribution in [2.75, 3.05) is 26.3 Å². The molecule has 1 saturated heterocycles. The molecule has 0 aromatic heterocycles. The first-order chi connectivity index (χ1) is 8.10.